The SMILES string of the molecule is CCOc1ccc(/C=N/NC(=O)CNC(=O)c2ccc3c(c2)OCO3)cc1OCC. The quantitative estimate of drug-likeness (QED) is 0.482. The van der Waals surface area contributed by atoms with Crippen LogP contribution in [0, 0.1) is 0 Å². The van der Waals surface area contributed by atoms with Crippen LogP contribution in [0.5, 0.6) is 23.0 Å². The molecule has 1 aliphatic heterocycles. The smallest absolute Gasteiger partial charge is 0.259 e. The molecule has 158 valence electrons. The van der Waals surface area contributed by atoms with Gasteiger partial charge in [-0.05, 0) is 55.8 Å². The van der Waals surface area contributed by atoms with E-state index in [4.69, 9.17) is 18.9 Å². The molecule has 0 spiro atoms. The summed E-state index contributed by atoms with van der Waals surface area (Å²) in [6, 6.07) is 10.2. The monoisotopic (exact) mass is 413 g/mol. The Kier molecular flexibility index (Phi) is 7.09. The Morgan fingerprint density at radius 3 is 2.60 bits per heavy atom. The highest BCUT2D eigenvalue weighted by Crippen LogP contribution is 2.32. The van der Waals surface area contributed by atoms with Crippen molar-refractivity contribution in [2.75, 3.05) is 26.6 Å². The third-order valence-electron chi connectivity index (χ3n) is 4.01. The minimum Gasteiger partial charge on any atom is -0.490 e. The van der Waals surface area contributed by atoms with Crippen LogP contribution in [0.1, 0.15) is 29.8 Å². The van der Waals surface area contributed by atoms with Gasteiger partial charge in [-0.25, -0.2) is 5.43 Å². The van der Waals surface area contributed by atoms with Crippen LogP contribution in [0.2, 0.25) is 0 Å². The van der Waals surface area contributed by atoms with Crippen molar-refractivity contribution < 1.29 is 28.5 Å². The molecule has 2 amide bonds. The van der Waals surface area contributed by atoms with Crippen molar-refractivity contribution >= 4 is 18.0 Å². The van der Waals surface area contributed by atoms with Crippen LogP contribution in [-0.4, -0.2) is 44.6 Å². The van der Waals surface area contributed by atoms with Crippen molar-refractivity contribution in [3.8, 4) is 23.0 Å². The van der Waals surface area contributed by atoms with Crippen molar-refractivity contribution in [1.82, 2.24) is 10.7 Å². The van der Waals surface area contributed by atoms with E-state index in [9.17, 15) is 9.59 Å². The molecule has 0 fully saturated rings. The molecule has 2 aromatic rings. The van der Waals surface area contributed by atoms with Gasteiger partial charge in [0.15, 0.2) is 23.0 Å². The maximum absolute atomic E-state index is 12.2. The fraction of sp³-hybridized carbons (Fsp3) is 0.286. The lowest BCUT2D eigenvalue weighted by Gasteiger charge is -2.11. The predicted molar refractivity (Wildman–Crippen MR) is 109 cm³/mol. The number of nitrogens with zero attached hydrogens (tertiary/aromatic N) is 1. The first kappa shape index (κ1) is 21.0. The third-order valence-corrected chi connectivity index (χ3v) is 4.01. The molecule has 0 bridgehead atoms. The van der Waals surface area contributed by atoms with Gasteiger partial charge in [0.2, 0.25) is 6.79 Å². The summed E-state index contributed by atoms with van der Waals surface area (Å²) >= 11 is 0. The van der Waals surface area contributed by atoms with Gasteiger partial charge in [0.05, 0.1) is 26.0 Å². The summed E-state index contributed by atoms with van der Waals surface area (Å²) in [5.74, 6) is 1.47. The summed E-state index contributed by atoms with van der Waals surface area (Å²) in [7, 11) is 0. The van der Waals surface area contributed by atoms with Gasteiger partial charge < -0.3 is 24.3 Å². The van der Waals surface area contributed by atoms with Gasteiger partial charge in [-0.2, -0.15) is 5.10 Å². The van der Waals surface area contributed by atoms with Crippen LogP contribution in [0.25, 0.3) is 0 Å². The zero-order valence-corrected chi connectivity index (χ0v) is 16.8. The van der Waals surface area contributed by atoms with Crippen LogP contribution in [0.15, 0.2) is 41.5 Å². The first-order valence-electron chi connectivity index (χ1n) is 9.50. The van der Waals surface area contributed by atoms with E-state index in [0.717, 1.165) is 5.56 Å². The molecule has 0 atom stereocenters. The maximum Gasteiger partial charge on any atom is 0.259 e. The molecule has 0 aliphatic carbocycles. The standard InChI is InChI=1S/C21H23N3O6/c1-3-27-16-7-5-14(9-18(16)28-4-2)11-23-24-20(25)12-22-21(26)15-6-8-17-19(10-15)30-13-29-17/h5-11H,3-4,12-13H2,1-2H3,(H,22,26)(H,24,25)/b23-11+. The van der Waals surface area contributed by atoms with Gasteiger partial charge in [-0.1, -0.05) is 0 Å². The summed E-state index contributed by atoms with van der Waals surface area (Å²) in [5.41, 5.74) is 3.47. The Morgan fingerprint density at radius 1 is 1.03 bits per heavy atom. The van der Waals surface area contributed by atoms with Crippen molar-refractivity contribution in [2.24, 2.45) is 5.10 Å². The van der Waals surface area contributed by atoms with Crippen molar-refractivity contribution in [1.29, 1.82) is 0 Å². The molecule has 1 aliphatic rings. The van der Waals surface area contributed by atoms with E-state index in [2.05, 4.69) is 15.8 Å². The second-order valence-electron chi connectivity index (χ2n) is 6.12. The first-order valence-corrected chi connectivity index (χ1v) is 9.50. The van der Waals surface area contributed by atoms with E-state index in [1.54, 1.807) is 36.4 Å². The summed E-state index contributed by atoms with van der Waals surface area (Å²) in [6.45, 7) is 4.71. The molecule has 9 heteroatoms. The van der Waals surface area contributed by atoms with Gasteiger partial charge in [0, 0.05) is 5.56 Å². The molecule has 0 radical (unpaired) electrons. The Balaban J connectivity index is 1.50. The van der Waals surface area contributed by atoms with Crippen molar-refractivity contribution in [2.45, 2.75) is 13.8 Å². The summed E-state index contributed by atoms with van der Waals surface area (Å²) in [5, 5.41) is 6.44. The molecule has 9 nitrogen and oxygen atoms in total. The Labute approximate surface area is 174 Å². The minimum atomic E-state index is -0.462. The third kappa shape index (κ3) is 5.40. The zero-order valence-electron chi connectivity index (χ0n) is 16.8. The number of hydrazone groups is 1. The number of ether oxygens (including phenoxy) is 4. The number of amides is 2. The molecule has 30 heavy (non-hydrogen) atoms. The molecule has 0 saturated carbocycles. The Morgan fingerprint density at radius 2 is 1.80 bits per heavy atom. The molecule has 3 rings (SSSR count). The molecule has 0 saturated heterocycles. The van der Waals surface area contributed by atoms with E-state index >= 15 is 0 Å². The normalized spacial score (nSPS) is 11.9. The van der Waals surface area contributed by atoms with E-state index in [1.165, 1.54) is 6.21 Å². The number of nitrogens with one attached hydrogen (secondary N) is 2. The Bertz CT molecular complexity index is 944. The summed E-state index contributed by atoms with van der Waals surface area (Å²) in [6.07, 6.45) is 1.48. The number of hydrogen-bond donors (Lipinski definition) is 2. The Hall–Kier alpha value is -3.75. The second-order valence-corrected chi connectivity index (χ2v) is 6.12. The number of fused-ring (bicyclic) bond motifs is 1. The van der Waals surface area contributed by atoms with Crippen LogP contribution in [0.4, 0.5) is 0 Å². The molecule has 2 aromatic carbocycles. The van der Waals surface area contributed by atoms with Gasteiger partial charge >= 0.3 is 0 Å². The lowest BCUT2D eigenvalue weighted by Crippen LogP contribution is -2.34. The molecule has 0 aromatic heterocycles. The number of carbonyl (C=O) groups is 2. The molecule has 1 heterocycles. The maximum atomic E-state index is 12.2. The highest BCUT2D eigenvalue weighted by Gasteiger charge is 2.16. The fourth-order valence-electron chi connectivity index (χ4n) is 2.67. The van der Waals surface area contributed by atoms with Gasteiger partial charge in [0.25, 0.3) is 11.8 Å². The summed E-state index contributed by atoms with van der Waals surface area (Å²) < 4.78 is 21.5. The van der Waals surface area contributed by atoms with E-state index in [-0.39, 0.29) is 13.3 Å². The van der Waals surface area contributed by atoms with E-state index < -0.39 is 11.8 Å². The van der Waals surface area contributed by atoms with E-state index in [1.807, 2.05) is 13.8 Å². The lowest BCUT2D eigenvalue weighted by atomic mass is 10.2. The molecule has 2 N–H and O–H groups in total. The highest BCUT2D eigenvalue weighted by atomic mass is 16.7. The van der Waals surface area contributed by atoms with Crippen molar-refractivity contribution in [3.63, 3.8) is 0 Å². The first-order chi connectivity index (χ1) is 14.6. The van der Waals surface area contributed by atoms with Crippen LogP contribution in [0.3, 0.4) is 0 Å². The largest absolute Gasteiger partial charge is 0.490 e. The number of rotatable bonds is 9. The van der Waals surface area contributed by atoms with Gasteiger partial charge in [-0.15, -0.1) is 0 Å². The van der Waals surface area contributed by atoms with Crippen LogP contribution < -0.4 is 29.7 Å². The highest BCUT2D eigenvalue weighted by molar-refractivity contribution is 5.97. The minimum absolute atomic E-state index is 0.126. The average molecular weight is 413 g/mol. The topological polar surface area (TPSA) is 107 Å². The molecular weight excluding hydrogens is 390 g/mol. The van der Waals surface area contributed by atoms with Crippen LogP contribution >= 0.6 is 0 Å². The van der Waals surface area contributed by atoms with Crippen LogP contribution in [-0.2, 0) is 4.79 Å². The second kappa shape index (κ2) is 10.1. The predicted octanol–water partition coefficient (Wildman–Crippen LogP) is 2.09. The lowest BCUT2D eigenvalue weighted by molar-refractivity contribution is -0.120. The van der Waals surface area contributed by atoms with E-state index in [0.29, 0.717) is 41.8 Å². The van der Waals surface area contributed by atoms with Gasteiger partial charge in [-0.3, -0.25) is 9.59 Å². The average Bonchev–Trinajstić information content (AvgIpc) is 3.22. The number of hydrogen-bond acceptors (Lipinski definition) is 7. The zero-order chi connectivity index (χ0) is 21.3. The molecule has 0 unspecified atom stereocenters. The van der Waals surface area contributed by atoms with Gasteiger partial charge in [0.1, 0.15) is 0 Å². The fourth-order valence-corrected chi connectivity index (χ4v) is 2.67. The molecular formula is C21H23N3O6. The van der Waals surface area contributed by atoms with Crippen molar-refractivity contribution in [3.05, 3.63) is 47.5 Å². The number of benzene rings is 2. The summed E-state index contributed by atoms with van der Waals surface area (Å²) in [4.78, 5) is 24.1. The number of carbonyl (C=O) groups excluding carboxylic acids is 2.